The van der Waals surface area contributed by atoms with E-state index in [0.29, 0.717) is 23.7 Å². The molecule has 0 fully saturated rings. The van der Waals surface area contributed by atoms with Crippen molar-refractivity contribution in [3.63, 3.8) is 0 Å². The van der Waals surface area contributed by atoms with E-state index in [-0.39, 0.29) is 11.7 Å². The highest BCUT2D eigenvalue weighted by molar-refractivity contribution is 6.30. The van der Waals surface area contributed by atoms with E-state index in [1.165, 1.54) is 24.3 Å². The molecule has 0 heterocycles. The summed E-state index contributed by atoms with van der Waals surface area (Å²) in [6, 6.07) is 13.0. The Balaban J connectivity index is 2.00. The lowest BCUT2D eigenvalue weighted by molar-refractivity contribution is -0.138. The molecule has 0 unspecified atom stereocenters. The molecule has 0 bridgehead atoms. The summed E-state index contributed by atoms with van der Waals surface area (Å²) >= 11 is 5.86. The van der Waals surface area contributed by atoms with Gasteiger partial charge >= 0.3 is 0 Å². The highest BCUT2D eigenvalue weighted by Gasteiger charge is 2.22. The van der Waals surface area contributed by atoms with Crippen LogP contribution in [0.2, 0.25) is 5.02 Å². The molecule has 1 atom stereocenters. The van der Waals surface area contributed by atoms with Crippen molar-refractivity contribution in [2.45, 2.75) is 26.0 Å². The zero-order valence-corrected chi connectivity index (χ0v) is 13.9. The Morgan fingerprint density at radius 3 is 2.35 bits per heavy atom. The van der Waals surface area contributed by atoms with Crippen molar-refractivity contribution >= 4 is 17.5 Å². The maximum atomic E-state index is 12.9. The molecule has 1 amide bonds. The first kappa shape index (κ1) is 17.3. The van der Waals surface area contributed by atoms with Gasteiger partial charge in [0.25, 0.3) is 5.91 Å². The van der Waals surface area contributed by atoms with Gasteiger partial charge in [-0.3, -0.25) is 4.79 Å². The van der Waals surface area contributed by atoms with Gasteiger partial charge < -0.3 is 9.64 Å². The molecule has 0 spiro atoms. The molecule has 23 heavy (non-hydrogen) atoms. The van der Waals surface area contributed by atoms with Gasteiger partial charge in [0.15, 0.2) is 6.10 Å². The van der Waals surface area contributed by atoms with Gasteiger partial charge in [-0.2, -0.15) is 0 Å². The molecule has 0 aliphatic carbocycles. The van der Waals surface area contributed by atoms with Crippen LogP contribution in [0, 0.1) is 5.82 Å². The average molecular weight is 336 g/mol. The number of halogens is 2. The van der Waals surface area contributed by atoms with Gasteiger partial charge in [-0.1, -0.05) is 30.7 Å². The lowest BCUT2D eigenvalue weighted by Crippen LogP contribution is -2.39. The zero-order valence-electron chi connectivity index (χ0n) is 13.1. The van der Waals surface area contributed by atoms with E-state index in [1.807, 2.05) is 19.1 Å². The fourth-order valence-electron chi connectivity index (χ4n) is 2.17. The highest BCUT2D eigenvalue weighted by Crippen LogP contribution is 2.17. The summed E-state index contributed by atoms with van der Waals surface area (Å²) in [6.45, 7) is 2.35. The maximum Gasteiger partial charge on any atom is 0.263 e. The summed E-state index contributed by atoms with van der Waals surface area (Å²) in [7, 11) is 1.73. The van der Waals surface area contributed by atoms with Crippen molar-refractivity contribution in [3.05, 3.63) is 64.9 Å². The second kappa shape index (κ2) is 7.97. The van der Waals surface area contributed by atoms with Gasteiger partial charge in [-0.15, -0.1) is 0 Å². The molecule has 2 rings (SSSR count). The SMILES string of the molecule is CC[C@H](Oc1ccc(F)cc1)C(=O)N(C)Cc1ccc(Cl)cc1. The first-order valence-electron chi connectivity index (χ1n) is 7.41. The summed E-state index contributed by atoms with van der Waals surface area (Å²) in [4.78, 5) is 14.1. The van der Waals surface area contributed by atoms with Crippen LogP contribution >= 0.6 is 11.6 Å². The van der Waals surface area contributed by atoms with E-state index in [2.05, 4.69) is 0 Å². The van der Waals surface area contributed by atoms with Crippen LogP contribution in [0.5, 0.6) is 5.75 Å². The third kappa shape index (κ3) is 4.96. The molecule has 0 N–H and O–H groups in total. The van der Waals surface area contributed by atoms with Crippen LogP contribution < -0.4 is 4.74 Å². The minimum atomic E-state index is -0.599. The molecule has 0 radical (unpaired) electrons. The minimum Gasteiger partial charge on any atom is -0.481 e. The number of hydrogen-bond acceptors (Lipinski definition) is 2. The van der Waals surface area contributed by atoms with Crippen LogP contribution in [-0.2, 0) is 11.3 Å². The molecular formula is C18H19ClFNO2. The average Bonchev–Trinajstić information content (AvgIpc) is 2.55. The standard InChI is InChI=1S/C18H19ClFNO2/c1-3-17(23-16-10-8-15(20)9-11-16)18(22)21(2)12-13-4-6-14(19)7-5-13/h4-11,17H,3,12H2,1-2H3/t17-/m0/s1. The van der Waals surface area contributed by atoms with Crippen LogP contribution in [0.1, 0.15) is 18.9 Å². The van der Waals surface area contributed by atoms with Crippen molar-refractivity contribution < 1.29 is 13.9 Å². The Morgan fingerprint density at radius 1 is 1.17 bits per heavy atom. The number of likely N-dealkylation sites (N-methyl/N-ethyl adjacent to an activating group) is 1. The number of rotatable bonds is 6. The van der Waals surface area contributed by atoms with Crippen LogP contribution in [0.15, 0.2) is 48.5 Å². The molecule has 2 aromatic rings. The number of ether oxygens (including phenoxy) is 1. The lowest BCUT2D eigenvalue weighted by atomic mass is 10.2. The van der Waals surface area contributed by atoms with E-state index >= 15 is 0 Å². The monoisotopic (exact) mass is 335 g/mol. The van der Waals surface area contributed by atoms with Crippen molar-refractivity contribution in [2.75, 3.05) is 7.05 Å². The van der Waals surface area contributed by atoms with Gasteiger partial charge in [0.2, 0.25) is 0 Å². The molecular weight excluding hydrogens is 317 g/mol. The summed E-state index contributed by atoms with van der Waals surface area (Å²) in [5.41, 5.74) is 0.988. The first-order valence-corrected chi connectivity index (χ1v) is 7.79. The van der Waals surface area contributed by atoms with Gasteiger partial charge in [-0.05, 0) is 48.4 Å². The zero-order chi connectivity index (χ0) is 16.8. The Labute approximate surface area is 140 Å². The van der Waals surface area contributed by atoms with E-state index in [1.54, 1.807) is 24.1 Å². The second-order valence-electron chi connectivity index (χ2n) is 5.29. The highest BCUT2D eigenvalue weighted by atomic mass is 35.5. The van der Waals surface area contributed by atoms with Crippen LogP contribution in [-0.4, -0.2) is 24.0 Å². The summed E-state index contributed by atoms with van der Waals surface area (Å²) in [5.74, 6) is 0.0230. The van der Waals surface area contributed by atoms with Crippen LogP contribution in [0.3, 0.4) is 0 Å². The predicted octanol–water partition coefficient (Wildman–Crippen LogP) is 4.30. The van der Waals surface area contributed by atoms with Gasteiger partial charge in [0.1, 0.15) is 11.6 Å². The Kier molecular flexibility index (Phi) is 5.99. The van der Waals surface area contributed by atoms with Crippen molar-refractivity contribution in [1.82, 2.24) is 4.90 Å². The van der Waals surface area contributed by atoms with Gasteiger partial charge in [-0.25, -0.2) is 4.39 Å². The Morgan fingerprint density at radius 2 is 1.78 bits per heavy atom. The molecule has 122 valence electrons. The number of nitrogens with zero attached hydrogens (tertiary/aromatic N) is 1. The predicted molar refractivity (Wildman–Crippen MR) is 89.0 cm³/mol. The van der Waals surface area contributed by atoms with Gasteiger partial charge in [0, 0.05) is 18.6 Å². The number of amides is 1. The van der Waals surface area contributed by atoms with Crippen LogP contribution in [0.4, 0.5) is 4.39 Å². The fraction of sp³-hybridized carbons (Fsp3) is 0.278. The Hall–Kier alpha value is -2.07. The molecule has 0 aliphatic rings. The summed E-state index contributed by atoms with van der Waals surface area (Å²) in [6.07, 6.45) is -0.0704. The van der Waals surface area contributed by atoms with E-state index < -0.39 is 6.10 Å². The van der Waals surface area contributed by atoms with Crippen molar-refractivity contribution in [3.8, 4) is 5.75 Å². The summed E-state index contributed by atoms with van der Waals surface area (Å²) < 4.78 is 18.6. The van der Waals surface area contributed by atoms with E-state index in [9.17, 15) is 9.18 Å². The molecule has 0 aliphatic heterocycles. The lowest BCUT2D eigenvalue weighted by Gasteiger charge is -2.24. The van der Waals surface area contributed by atoms with E-state index in [4.69, 9.17) is 16.3 Å². The molecule has 3 nitrogen and oxygen atoms in total. The normalized spacial score (nSPS) is 11.8. The minimum absolute atomic E-state index is 0.119. The van der Waals surface area contributed by atoms with Crippen LogP contribution in [0.25, 0.3) is 0 Å². The quantitative estimate of drug-likeness (QED) is 0.788. The topological polar surface area (TPSA) is 29.5 Å². The number of carbonyl (C=O) groups excluding carboxylic acids is 1. The second-order valence-corrected chi connectivity index (χ2v) is 5.73. The molecule has 5 heteroatoms. The van der Waals surface area contributed by atoms with Crippen molar-refractivity contribution in [1.29, 1.82) is 0 Å². The third-order valence-electron chi connectivity index (χ3n) is 3.45. The van der Waals surface area contributed by atoms with E-state index in [0.717, 1.165) is 5.56 Å². The van der Waals surface area contributed by atoms with Crippen molar-refractivity contribution in [2.24, 2.45) is 0 Å². The third-order valence-corrected chi connectivity index (χ3v) is 3.70. The number of benzene rings is 2. The smallest absolute Gasteiger partial charge is 0.263 e. The fourth-order valence-corrected chi connectivity index (χ4v) is 2.30. The number of hydrogen-bond donors (Lipinski definition) is 0. The number of carbonyl (C=O) groups is 1. The van der Waals surface area contributed by atoms with Gasteiger partial charge in [0.05, 0.1) is 0 Å². The molecule has 0 aromatic heterocycles. The molecule has 0 saturated heterocycles. The maximum absolute atomic E-state index is 12.9. The first-order chi connectivity index (χ1) is 11.0. The largest absolute Gasteiger partial charge is 0.481 e. The molecule has 0 saturated carbocycles. The summed E-state index contributed by atoms with van der Waals surface area (Å²) in [5, 5.41) is 0.661. The Bertz CT molecular complexity index is 643. The molecule has 2 aromatic carbocycles.